The van der Waals surface area contributed by atoms with Gasteiger partial charge in [-0.05, 0) is 49.9 Å². The number of thiocarbonyl (C=S) groups is 1. The van der Waals surface area contributed by atoms with Gasteiger partial charge in [0.2, 0.25) is 0 Å². The van der Waals surface area contributed by atoms with Crippen LogP contribution in [0.2, 0.25) is 0 Å². The smallest absolute Gasteiger partial charge is 0.104 e. The van der Waals surface area contributed by atoms with E-state index in [-0.39, 0.29) is 0 Å². The molecule has 0 amide bonds. The van der Waals surface area contributed by atoms with Crippen LogP contribution in [-0.4, -0.2) is 17.6 Å². The Morgan fingerprint density at radius 2 is 2.29 bits per heavy atom. The SMILES string of the molecule is CCC1CCCN1c1ccc(C(N)=S)c(C)c1. The van der Waals surface area contributed by atoms with Crippen molar-refractivity contribution in [2.45, 2.75) is 39.2 Å². The zero-order valence-corrected chi connectivity index (χ0v) is 11.4. The van der Waals surface area contributed by atoms with Gasteiger partial charge in [0, 0.05) is 23.8 Å². The normalized spacial score (nSPS) is 19.6. The molecule has 2 N–H and O–H groups in total. The molecule has 1 heterocycles. The van der Waals surface area contributed by atoms with E-state index in [1.165, 1.54) is 37.1 Å². The molecule has 3 heteroatoms. The minimum absolute atomic E-state index is 0.488. The highest BCUT2D eigenvalue weighted by Crippen LogP contribution is 2.28. The Morgan fingerprint density at radius 3 is 2.88 bits per heavy atom. The van der Waals surface area contributed by atoms with Crippen LogP contribution in [-0.2, 0) is 0 Å². The Labute approximate surface area is 109 Å². The molecule has 2 rings (SSSR count). The van der Waals surface area contributed by atoms with Gasteiger partial charge in [0.05, 0.1) is 0 Å². The van der Waals surface area contributed by atoms with Crippen molar-refractivity contribution < 1.29 is 0 Å². The van der Waals surface area contributed by atoms with Crippen LogP contribution in [0, 0.1) is 6.92 Å². The third kappa shape index (κ3) is 2.44. The summed E-state index contributed by atoms with van der Waals surface area (Å²) in [6.07, 6.45) is 3.83. The lowest BCUT2D eigenvalue weighted by molar-refractivity contribution is 0.645. The summed E-state index contributed by atoms with van der Waals surface area (Å²) in [4.78, 5) is 3.00. The third-order valence-corrected chi connectivity index (χ3v) is 3.88. The summed E-state index contributed by atoms with van der Waals surface area (Å²) in [5.41, 5.74) is 9.18. The van der Waals surface area contributed by atoms with Crippen LogP contribution in [0.15, 0.2) is 18.2 Å². The molecular formula is C14H20N2S. The maximum Gasteiger partial charge on any atom is 0.104 e. The fourth-order valence-corrected chi connectivity index (χ4v) is 2.93. The van der Waals surface area contributed by atoms with Crippen LogP contribution in [0.5, 0.6) is 0 Å². The number of rotatable bonds is 3. The number of nitrogens with two attached hydrogens (primary N) is 1. The summed E-state index contributed by atoms with van der Waals surface area (Å²) < 4.78 is 0. The van der Waals surface area contributed by atoms with E-state index in [2.05, 4.69) is 36.9 Å². The van der Waals surface area contributed by atoms with Crippen LogP contribution in [0.1, 0.15) is 37.3 Å². The van der Waals surface area contributed by atoms with Gasteiger partial charge >= 0.3 is 0 Å². The Morgan fingerprint density at radius 1 is 1.53 bits per heavy atom. The highest BCUT2D eigenvalue weighted by atomic mass is 32.1. The summed E-state index contributed by atoms with van der Waals surface area (Å²) in [5, 5.41) is 0. The lowest BCUT2D eigenvalue weighted by atomic mass is 10.1. The van der Waals surface area contributed by atoms with Crippen LogP contribution in [0.25, 0.3) is 0 Å². The average Bonchev–Trinajstić information content (AvgIpc) is 2.76. The van der Waals surface area contributed by atoms with Crippen molar-refractivity contribution in [1.29, 1.82) is 0 Å². The summed E-state index contributed by atoms with van der Waals surface area (Å²) in [5.74, 6) is 0. The Hall–Kier alpha value is -1.09. The zero-order chi connectivity index (χ0) is 12.4. The predicted octanol–water partition coefficient (Wildman–Crippen LogP) is 3.01. The highest BCUT2D eigenvalue weighted by Gasteiger charge is 2.23. The number of hydrogen-bond donors (Lipinski definition) is 1. The van der Waals surface area contributed by atoms with E-state index in [9.17, 15) is 0 Å². The van der Waals surface area contributed by atoms with Crippen LogP contribution in [0.3, 0.4) is 0 Å². The van der Waals surface area contributed by atoms with Crippen molar-refractivity contribution >= 4 is 22.9 Å². The molecule has 1 unspecified atom stereocenters. The van der Waals surface area contributed by atoms with E-state index >= 15 is 0 Å². The minimum atomic E-state index is 0.488. The van der Waals surface area contributed by atoms with Crippen LogP contribution in [0.4, 0.5) is 5.69 Å². The minimum Gasteiger partial charge on any atom is -0.389 e. The topological polar surface area (TPSA) is 29.3 Å². The summed E-state index contributed by atoms with van der Waals surface area (Å²) in [6.45, 7) is 5.51. The largest absolute Gasteiger partial charge is 0.389 e. The fourth-order valence-electron chi connectivity index (χ4n) is 2.70. The van der Waals surface area contributed by atoms with E-state index in [1.54, 1.807) is 0 Å². The van der Waals surface area contributed by atoms with Gasteiger partial charge in [0.25, 0.3) is 0 Å². The van der Waals surface area contributed by atoms with Gasteiger partial charge in [0.15, 0.2) is 0 Å². The molecule has 0 spiro atoms. The fraction of sp³-hybridized carbons (Fsp3) is 0.500. The molecule has 92 valence electrons. The van der Waals surface area contributed by atoms with Gasteiger partial charge in [0.1, 0.15) is 4.99 Å². The standard InChI is InChI=1S/C14H20N2S/c1-3-11-5-4-8-16(11)12-6-7-13(14(15)17)10(2)9-12/h6-7,9,11H,3-5,8H2,1-2H3,(H2,15,17). The molecule has 1 fully saturated rings. The van der Waals surface area contributed by atoms with Crippen molar-refractivity contribution in [2.75, 3.05) is 11.4 Å². The maximum absolute atomic E-state index is 5.69. The molecule has 1 aromatic rings. The summed E-state index contributed by atoms with van der Waals surface area (Å²) in [6, 6.07) is 7.11. The first-order valence-corrected chi connectivity index (χ1v) is 6.71. The van der Waals surface area contributed by atoms with Gasteiger partial charge < -0.3 is 10.6 Å². The van der Waals surface area contributed by atoms with Crippen molar-refractivity contribution in [3.05, 3.63) is 29.3 Å². The van der Waals surface area contributed by atoms with Crippen molar-refractivity contribution in [3.63, 3.8) is 0 Å². The van der Waals surface area contributed by atoms with E-state index in [1.807, 2.05) is 0 Å². The number of nitrogens with zero attached hydrogens (tertiary/aromatic N) is 1. The first-order valence-electron chi connectivity index (χ1n) is 6.30. The third-order valence-electron chi connectivity index (χ3n) is 3.66. The quantitative estimate of drug-likeness (QED) is 0.834. The van der Waals surface area contributed by atoms with Gasteiger partial charge in [-0.1, -0.05) is 19.1 Å². The van der Waals surface area contributed by atoms with Gasteiger partial charge in [-0.2, -0.15) is 0 Å². The molecule has 0 radical (unpaired) electrons. The highest BCUT2D eigenvalue weighted by molar-refractivity contribution is 7.80. The molecule has 1 saturated heterocycles. The Kier molecular flexibility index (Phi) is 3.67. The van der Waals surface area contributed by atoms with E-state index in [0.29, 0.717) is 11.0 Å². The lowest BCUT2D eigenvalue weighted by Gasteiger charge is -2.26. The molecule has 1 aliphatic heterocycles. The monoisotopic (exact) mass is 248 g/mol. The zero-order valence-electron chi connectivity index (χ0n) is 10.6. The number of benzene rings is 1. The second-order valence-corrected chi connectivity index (χ2v) is 5.20. The summed E-state index contributed by atoms with van der Waals surface area (Å²) >= 11 is 5.04. The van der Waals surface area contributed by atoms with E-state index < -0.39 is 0 Å². The molecule has 1 aromatic carbocycles. The van der Waals surface area contributed by atoms with E-state index in [4.69, 9.17) is 18.0 Å². The van der Waals surface area contributed by atoms with Crippen LogP contribution >= 0.6 is 12.2 Å². The second-order valence-electron chi connectivity index (χ2n) is 4.76. The Bertz CT molecular complexity index is 428. The molecule has 17 heavy (non-hydrogen) atoms. The number of hydrogen-bond acceptors (Lipinski definition) is 2. The first kappa shape index (κ1) is 12.4. The average molecular weight is 248 g/mol. The van der Waals surface area contributed by atoms with Crippen LogP contribution < -0.4 is 10.6 Å². The van der Waals surface area contributed by atoms with Gasteiger partial charge in [-0.25, -0.2) is 0 Å². The molecule has 1 atom stereocenters. The lowest BCUT2D eigenvalue weighted by Crippen LogP contribution is -2.28. The predicted molar refractivity (Wildman–Crippen MR) is 77.7 cm³/mol. The number of anilines is 1. The molecule has 1 aliphatic rings. The molecule has 0 aromatic heterocycles. The van der Waals surface area contributed by atoms with Crippen molar-refractivity contribution in [2.24, 2.45) is 5.73 Å². The molecule has 0 saturated carbocycles. The molecular weight excluding hydrogens is 228 g/mol. The molecule has 0 bridgehead atoms. The van der Waals surface area contributed by atoms with Gasteiger partial charge in [-0.3, -0.25) is 0 Å². The number of aryl methyl sites for hydroxylation is 1. The second kappa shape index (κ2) is 5.05. The van der Waals surface area contributed by atoms with Crippen molar-refractivity contribution in [1.82, 2.24) is 0 Å². The molecule has 0 aliphatic carbocycles. The first-order chi connectivity index (χ1) is 8.13. The van der Waals surface area contributed by atoms with Gasteiger partial charge in [-0.15, -0.1) is 0 Å². The maximum atomic E-state index is 5.69. The Balaban J connectivity index is 2.28. The molecule has 2 nitrogen and oxygen atoms in total. The van der Waals surface area contributed by atoms with E-state index in [0.717, 1.165) is 5.56 Å². The van der Waals surface area contributed by atoms with Crippen molar-refractivity contribution in [3.8, 4) is 0 Å². The summed E-state index contributed by atoms with van der Waals surface area (Å²) in [7, 11) is 0.